The predicted molar refractivity (Wildman–Crippen MR) is 122 cm³/mol. The van der Waals surface area contributed by atoms with Crippen LogP contribution in [0.2, 0.25) is 10.0 Å². The van der Waals surface area contributed by atoms with Crippen molar-refractivity contribution in [3.05, 3.63) is 71.0 Å². The number of nitrogens with zero attached hydrogens (tertiary/aromatic N) is 4. The van der Waals surface area contributed by atoms with Crippen molar-refractivity contribution >= 4 is 40.7 Å². The molecule has 1 aliphatic heterocycles. The van der Waals surface area contributed by atoms with Gasteiger partial charge in [-0.3, -0.25) is 0 Å². The van der Waals surface area contributed by atoms with Crippen molar-refractivity contribution in [3.8, 4) is 11.6 Å². The van der Waals surface area contributed by atoms with Gasteiger partial charge in [0.05, 0.1) is 5.02 Å². The fourth-order valence-corrected chi connectivity index (χ4v) is 3.70. The number of anilines is 2. The van der Waals surface area contributed by atoms with E-state index in [-0.39, 0.29) is 12.1 Å². The summed E-state index contributed by atoms with van der Waals surface area (Å²) < 4.78 is 5.81. The lowest BCUT2D eigenvalue weighted by molar-refractivity contribution is 0.184. The third kappa shape index (κ3) is 5.18. The maximum absolute atomic E-state index is 12.7. The van der Waals surface area contributed by atoms with Crippen LogP contribution in [0.15, 0.2) is 60.9 Å². The Balaban J connectivity index is 1.40. The number of rotatable bonds is 4. The van der Waals surface area contributed by atoms with Gasteiger partial charge in [0.15, 0.2) is 0 Å². The minimum atomic E-state index is -0.139. The molecule has 3 aromatic rings. The van der Waals surface area contributed by atoms with E-state index in [4.69, 9.17) is 27.9 Å². The number of hydrogen-bond donors (Lipinski definition) is 1. The Bertz CT molecular complexity index is 1060. The van der Waals surface area contributed by atoms with E-state index in [9.17, 15) is 4.79 Å². The molecule has 2 amide bonds. The standard InChI is InChI=1S/C22H21Cl2N5O2/c1-15-13-28(10-11-29(15)22(30)27-17-8-6-16(23)7-9-17)20-12-21(26-14-25-20)31-19-5-3-2-4-18(19)24/h2-9,12,14-15H,10-11,13H2,1H3,(H,27,30)/t15-/m0/s1. The average molecular weight is 458 g/mol. The summed E-state index contributed by atoms with van der Waals surface area (Å²) in [7, 11) is 0. The monoisotopic (exact) mass is 457 g/mol. The molecule has 0 spiro atoms. The van der Waals surface area contributed by atoms with Crippen molar-refractivity contribution in [1.29, 1.82) is 0 Å². The topological polar surface area (TPSA) is 70.6 Å². The molecule has 1 saturated heterocycles. The normalized spacial score (nSPS) is 16.2. The van der Waals surface area contributed by atoms with E-state index in [0.717, 1.165) is 5.82 Å². The van der Waals surface area contributed by atoms with Crippen molar-refractivity contribution in [2.45, 2.75) is 13.0 Å². The second-order valence-corrected chi connectivity index (χ2v) is 8.02. The second kappa shape index (κ2) is 9.41. The van der Waals surface area contributed by atoms with Crippen LogP contribution in [0.1, 0.15) is 6.92 Å². The Morgan fingerprint density at radius 2 is 1.87 bits per heavy atom. The molecule has 2 aromatic carbocycles. The summed E-state index contributed by atoms with van der Waals surface area (Å²) in [5.74, 6) is 1.68. The van der Waals surface area contributed by atoms with Crippen LogP contribution in [0.4, 0.5) is 16.3 Å². The van der Waals surface area contributed by atoms with Gasteiger partial charge in [0.2, 0.25) is 5.88 Å². The summed E-state index contributed by atoms with van der Waals surface area (Å²) in [4.78, 5) is 25.2. The molecule has 2 heterocycles. The molecule has 7 nitrogen and oxygen atoms in total. The average Bonchev–Trinajstić information content (AvgIpc) is 2.77. The largest absolute Gasteiger partial charge is 0.437 e. The van der Waals surface area contributed by atoms with Crippen LogP contribution in [-0.2, 0) is 0 Å². The van der Waals surface area contributed by atoms with Crippen molar-refractivity contribution in [2.24, 2.45) is 0 Å². The van der Waals surface area contributed by atoms with Gasteiger partial charge in [-0.15, -0.1) is 0 Å². The molecule has 9 heteroatoms. The molecule has 4 rings (SSSR count). The number of piperazine rings is 1. The number of urea groups is 1. The number of para-hydroxylation sites is 1. The summed E-state index contributed by atoms with van der Waals surface area (Å²) in [5, 5.41) is 4.06. The highest BCUT2D eigenvalue weighted by atomic mass is 35.5. The van der Waals surface area contributed by atoms with Crippen LogP contribution in [0.25, 0.3) is 0 Å². The molecule has 0 unspecified atom stereocenters. The number of carbonyl (C=O) groups excluding carboxylic acids is 1. The van der Waals surface area contributed by atoms with Crippen LogP contribution in [-0.4, -0.2) is 46.6 Å². The molecule has 1 atom stereocenters. The molecular weight excluding hydrogens is 437 g/mol. The number of nitrogens with one attached hydrogen (secondary N) is 1. The van der Waals surface area contributed by atoms with Crippen LogP contribution >= 0.6 is 23.2 Å². The first-order valence-corrected chi connectivity index (χ1v) is 10.6. The highest BCUT2D eigenvalue weighted by Crippen LogP contribution is 2.29. The summed E-state index contributed by atoms with van der Waals surface area (Å²) >= 11 is 12.1. The maximum Gasteiger partial charge on any atom is 0.322 e. The van der Waals surface area contributed by atoms with Gasteiger partial charge in [-0.05, 0) is 43.3 Å². The quantitative estimate of drug-likeness (QED) is 0.573. The third-order valence-electron chi connectivity index (χ3n) is 4.99. The molecule has 0 aliphatic carbocycles. The van der Waals surface area contributed by atoms with Gasteiger partial charge in [-0.2, -0.15) is 0 Å². The Morgan fingerprint density at radius 1 is 1.10 bits per heavy atom. The first kappa shape index (κ1) is 21.2. The van der Waals surface area contributed by atoms with Gasteiger partial charge < -0.3 is 19.9 Å². The van der Waals surface area contributed by atoms with E-state index in [2.05, 4.69) is 20.2 Å². The molecule has 1 N–H and O–H groups in total. The number of hydrogen-bond acceptors (Lipinski definition) is 5. The van der Waals surface area contributed by atoms with E-state index in [0.29, 0.717) is 47.0 Å². The summed E-state index contributed by atoms with van der Waals surface area (Å²) in [6, 6.07) is 15.9. The maximum atomic E-state index is 12.7. The molecule has 0 saturated carbocycles. The van der Waals surface area contributed by atoms with Crippen LogP contribution in [0.3, 0.4) is 0 Å². The minimum Gasteiger partial charge on any atom is -0.437 e. The SMILES string of the molecule is C[C@H]1CN(c2cc(Oc3ccccc3Cl)ncn2)CCN1C(=O)Nc1ccc(Cl)cc1. The second-order valence-electron chi connectivity index (χ2n) is 7.17. The predicted octanol–water partition coefficient (Wildman–Crippen LogP) is 5.32. The molecule has 31 heavy (non-hydrogen) atoms. The van der Waals surface area contributed by atoms with Crippen molar-refractivity contribution in [2.75, 3.05) is 29.9 Å². The summed E-state index contributed by atoms with van der Waals surface area (Å²) in [6.07, 6.45) is 1.46. The zero-order chi connectivity index (χ0) is 21.8. The smallest absolute Gasteiger partial charge is 0.322 e. The Labute approximate surface area is 190 Å². The van der Waals surface area contributed by atoms with Crippen LogP contribution in [0.5, 0.6) is 11.6 Å². The van der Waals surface area contributed by atoms with Crippen molar-refractivity contribution < 1.29 is 9.53 Å². The molecule has 1 aliphatic rings. The number of amides is 2. The summed E-state index contributed by atoms with van der Waals surface area (Å²) in [6.45, 7) is 3.85. The fourth-order valence-electron chi connectivity index (χ4n) is 3.39. The zero-order valence-corrected chi connectivity index (χ0v) is 18.3. The van der Waals surface area contributed by atoms with Gasteiger partial charge in [0, 0.05) is 42.5 Å². The number of carbonyl (C=O) groups is 1. The minimum absolute atomic E-state index is 0.0102. The highest BCUT2D eigenvalue weighted by Gasteiger charge is 2.28. The van der Waals surface area contributed by atoms with Crippen molar-refractivity contribution in [3.63, 3.8) is 0 Å². The lowest BCUT2D eigenvalue weighted by atomic mass is 10.2. The van der Waals surface area contributed by atoms with Crippen LogP contribution in [0, 0.1) is 0 Å². The highest BCUT2D eigenvalue weighted by molar-refractivity contribution is 6.32. The fraction of sp³-hybridized carbons (Fsp3) is 0.227. The number of aromatic nitrogens is 2. The van der Waals surface area contributed by atoms with E-state index in [1.807, 2.05) is 24.0 Å². The number of halogens is 2. The van der Waals surface area contributed by atoms with Gasteiger partial charge in [0.1, 0.15) is 17.9 Å². The first-order valence-electron chi connectivity index (χ1n) is 9.82. The Morgan fingerprint density at radius 3 is 2.61 bits per heavy atom. The Kier molecular flexibility index (Phi) is 6.44. The molecular formula is C22H21Cl2N5O2. The zero-order valence-electron chi connectivity index (χ0n) is 16.8. The molecule has 1 fully saturated rings. The first-order chi connectivity index (χ1) is 15.0. The lowest BCUT2D eigenvalue weighted by Crippen LogP contribution is -2.55. The van der Waals surface area contributed by atoms with Crippen LogP contribution < -0.4 is 15.0 Å². The summed E-state index contributed by atoms with van der Waals surface area (Å²) in [5.41, 5.74) is 0.709. The van der Waals surface area contributed by atoms with E-state index < -0.39 is 0 Å². The number of benzene rings is 2. The molecule has 0 bridgehead atoms. The molecule has 0 radical (unpaired) electrons. The molecule has 160 valence electrons. The lowest BCUT2D eigenvalue weighted by Gasteiger charge is -2.40. The molecule has 1 aromatic heterocycles. The van der Waals surface area contributed by atoms with Gasteiger partial charge in [-0.25, -0.2) is 14.8 Å². The van der Waals surface area contributed by atoms with Gasteiger partial charge in [0.25, 0.3) is 0 Å². The Hall–Kier alpha value is -3.03. The van der Waals surface area contributed by atoms with Gasteiger partial charge in [-0.1, -0.05) is 35.3 Å². The van der Waals surface area contributed by atoms with E-state index in [1.165, 1.54) is 6.33 Å². The van der Waals surface area contributed by atoms with E-state index >= 15 is 0 Å². The third-order valence-corrected chi connectivity index (χ3v) is 5.55. The van der Waals surface area contributed by atoms with E-state index in [1.54, 1.807) is 42.5 Å². The van der Waals surface area contributed by atoms with Crippen molar-refractivity contribution in [1.82, 2.24) is 14.9 Å². The number of ether oxygens (including phenoxy) is 1. The van der Waals surface area contributed by atoms with Gasteiger partial charge >= 0.3 is 6.03 Å².